The van der Waals surface area contributed by atoms with Gasteiger partial charge in [-0.05, 0) is 23.8 Å². The van der Waals surface area contributed by atoms with E-state index in [2.05, 4.69) is 4.98 Å². The van der Waals surface area contributed by atoms with Crippen LogP contribution in [0.1, 0.15) is 26.6 Å². The molecule has 0 saturated heterocycles. The van der Waals surface area contributed by atoms with E-state index in [1.807, 2.05) is 0 Å². The normalized spacial score (nSPS) is 11.3. The van der Waals surface area contributed by atoms with E-state index in [4.69, 9.17) is 4.74 Å². The molecule has 1 heterocycles. The predicted octanol–water partition coefficient (Wildman–Crippen LogP) is 5.15. The maximum Gasteiger partial charge on any atom is 0.443 e. The summed E-state index contributed by atoms with van der Waals surface area (Å²) in [4.78, 5) is 16.9. The second-order valence-corrected chi connectivity index (χ2v) is 7.08. The molecule has 0 aliphatic rings. The lowest BCUT2D eigenvalue weighted by Gasteiger charge is -2.16. The maximum atomic E-state index is 13.6. The average Bonchev–Trinajstić information content (AvgIpc) is 3.18. The van der Waals surface area contributed by atoms with Crippen molar-refractivity contribution in [2.24, 2.45) is 0 Å². The molecule has 29 heavy (non-hydrogen) atoms. The molecule has 1 aromatic heterocycles. The van der Waals surface area contributed by atoms with Crippen molar-refractivity contribution in [3.05, 3.63) is 81.6 Å². The average molecular weight is 424 g/mol. The van der Waals surface area contributed by atoms with E-state index < -0.39 is 17.1 Å². The van der Waals surface area contributed by atoms with Crippen LogP contribution in [0.25, 0.3) is 0 Å². The molecule has 0 fully saturated rings. The molecule has 0 spiro atoms. The fourth-order valence-electron chi connectivity index (χ4n) is 2.51. The number of carbonyl (C=O) groups is 1. The molecule has 0 atom stereocenters. The molecule has 0 radical (unpaired) electrons. The zero-order valence-electron chi connectivity index (χ0n) is 15.2. The van der Waals surface area contributed by atoms with Gasteiger partial charge < -0.3 is 9.64 Å². The van der Waals surface area contributed by atoms with Gasteiger partial charge in [-0.15, -0.1) is 11.3 Å². The Bertz CT molecular complexity index is 987. The number of carbonyl (C=O) groups excluding carboxylic acids is 1. The largest absolute Gasteiger partial charge is 0.489 e. The van der Waals surface area contributed by atoms with Crippen LogP contribution < -0.4 is 4.74 Å². The molecule has 2 aromatic carbocycles. The molecule has 0 aliphatic heterocycles. The minimum atomic E-state index is -4.57. The number of benzene rings is 2. The first-order valence-electron chi connectivity index (χ1n) is 8.47. The third kappa shape index (κ3) is 5.32. The van der Waals surface area contributed by atoms with Crippen molar-refractivity contribution in [3.63, 3.8) is 0 Å². The number of rotatable bonds is 6. The van der Waals surface area contributed by atoms with Crippen molar-refractivity contribution in [2.45, 2.75) is 19.3 Å². The first-order chi connectivity index (χ1) is 13.7. The Morgan fingerprint density at radius 1 is 1.14 bits per heavy atom. The third-order valence-corrected chi connectivity index (χ3v) is 4.89. The standard InChI is InChI=1S/C20H16F4N2O2S/c1-26(18(27)17-12-29-19(25-17)20(22,23)24)10-13-6-8-15(9-7-13)28-11-14-4-2-3-5-16(14)21/h2-9,12H,10-11H2,1H3. The third-order valence-electron chi connectivity index (χ3n) is 4.01. The van der Waals surface area contributed by atoms with E-state index in [0.29, 0.717) is 22.6 Å². The predicted molar refractivity (Wildman–Crippen MR) is 100 cm³/mol. The summed E-state index contributed by atoms with van der Waals surface area (Å²) in [7, 11) is 1.48. The van der Waals surface area contributed by atoms with Gasteiger partial charge in [-0.3, -0.25) is 4.79 Å². The summed E-state index contributed by atoms with van der Waals surface area (Å²) in [5.41, 5.74) is 0.948. The molecular weight excluding hydrogens is 408 g/mol. The Balaban J connectivity index is 1.58. The number of nitrogens with zero attached hydrogens (tertiary/aromatic N) is 2. The smallest absolute Gasteiger partial charge is 0.443 e. The lowest BCUT2D eigenvalue weighted by atomic mass is 10.2. The molecule has 4 nitrogen and oxygen atoms in total. The van der Waals surface area contributed by atoms with Gasteiger partial charge in [0.2, 0.25) is 0 Å². The van der Waals surface area contributed by atoms with E-state index >= 15 is 0 Å². The van der Waals surface area contributed by atoms with Gasteiger partial charge in [-0.25, -0.2) is 9.37 Å². The van der Waals surface area contributed by atoms with E-state index in [0.717, 1.165) is 10.9 Å². The fourth-order valence-corrected chi connectivity index (χ4v) is 3.17. The van der Waals surface area contributed by atoms with Gasteiger partial charge in [0, 0.05) is 24.5 Å². The Morgan fingerprint density at radius 2 is 1.83 bits per heavy atom. The van der Waals surface area contributed by atoms with Crippen LogP contribution in [0.4, 0.5) is 17.6 Å². The Morgan fingerprint density at radius 3 is 2.45 bits per heavy atom. The molecular formula is C20H16F4N2O2S. The highest BCUT2D eigenvalue weighted by molar-refractivity contribution is 7.09. The number of aromatic nitrogens is 1. The Hall–Kier alpha value is -2.94. The van der Waals surface area contributed by atoms with Crippen LogP contribution in [0.3, 0.4) is 0 Å². The molecule has 1 amide bonds. The second kappa shape index (κ2) is 8.60. The number of amides is 1. The molecule has 0 aliphatic carbocycles. The minimum absolute atomic E-state index is 0.0791. The lowest BCUT2D eigenvalue weighted by molar-refractivity contribution is -0.137. The van der Waals surface area contributed by atoms with Gasteiger partial charge >= 0.3 is 6.18 Å². The molecule has 9 heteroatoms. The highest BCUT2D eigenvalue weighted by Crippen LogP contribution is 2.31. The van der Waals surface area contributed by atoms with Crippen LogP contribution in [0, 0.1) is 5.82 Å². The van der Waals surface area contributed by atoms with Gasteiger partial charge in [-0.2, -0.15) is 13.2 Å². The van der Waals surface area contributed by atoms with E-state index in [-0.39, 0.29) is 24.7 Å². The molecule has 3 aromatic rings. The summed E-state index contributed by atoms with van der Waals surface area (Å²) in [6.45, 7) is 0.265. The van der Waals surface area contributed by atoms with Crippen LogP contribution in [0.5, 0.6) is 5.75 Å². The molecule has 3 rings (SSSR count). The van der Waals surface area contributed by atoms with Gasteiger partial charge in [0.05, 0.1) is 0 Å². The van der Waals surface area contributed by atoms with Gasteiger partial charge in [0.25, 0.3) is 5.91 Å². The van der Waals surface area contributed by atoms with E-state index in [1.165, 1.54) is 18.0 Å². The van der Waals surface area contributed by atoms with Crippen molar-refractivity contribution < 1.29 is 27.1 Å². The van der Waals surface area contributed by atoms with E-state index in [1.54, 1.807) is 42.5 Å². The first-order valence-corrected chi connectivity index (χ1v) is 9.35. The van der Waals surface area contributed by atoms with Crippen LogP contribution in [0.2, 0.25) is 0 Å². The Labute approximate surface area is 168 Å². The summed E-state index contributed by atoms with van der Waals surface area (Å²) in [5.74, 6) is -0.420. The number of hydrogen-bond donors (Lipinski definition) is 0. The minimum Gasteiger partial charge on any atom is -0.489 e. The summed E-state index contributed by atoms with van der Waals surface area (Å²) < 4.78 is 57.0. The van der Waals surface area contributed by atoms with Crippen LogP contribution in [-0.4, -0.2) is 22.8 Å². The summed E-state index contributed by atoms with van der Waals surface area (Å²) in [5, 5.41) is 0.0482. The number of hydrogen-bond acceptors (Lipinski definition) is 4. The molecule has 0 N–H and O–H groups in total. The van der Waals surface area contributed by atoms with Crippen LogP contribution in [-0.2, 0) is 19.3 Å². The second-order valence-electron chi connectivity index (χ2n) is 6.22. The fraction of sp³-hybridized carbons (Fsp3) is 0.200. The first kappa shape index (κ1) is 20.8. The number of alkyl halides is 3. The van der Waals surface area contributed by atoms with Crippen LogP contribution >= 0.6 is 11.3 Å². The van der Waals surface area contributed by atoms with Crippen molar-refractivity contribution >= 4 is 17.2 Å². The monoisotopic (exact) mass is 424 g/mol. The SMILES string of the molecule is CN(Cc1ccc(OCc2ccccc2F)cc1)C(=O)c1csc(C(F)(F)F)n1. The van der Waals surface area contributed by atoms with Gasteiger partial charge in [0.15, 0.2) is 5.01 Å². The molecule has 0 bridgehead atoms. The Kier molecular flexibility index (Phi) is 6.17. The number of halogens is 4. The van der Waals surface area contributed by atoms with E-state index in [9.17, 15) is 22.4 Å². The quantitative estimate of drug-likeness (QED) is 0.514. The highest BCUT2D eigenvalue weighted by Gasteiger charge is 2.35. The topological polar surface area (TPSA) is 42.4 Å². The van der Waals surface area contributed by atoms with Gasteiger partial charge in [0.1, 0.15) is 23.9 Å². The zero-order valence-corrected chi connectivity index (χ0v) is 16.1. The van der Waals surface area contributed by atoms with Crippen LogP contribution in [0.15, 0.2) is 53.9 Å². The van der Waals surface area contributed by atoms with Gasteiger partial charge in [-0.1, -0.05) is 30.3 Å². The zero-order chi connectivity index (χ0) is 21.0. The number of thiazole rings is 1. The summed E-state index contributed by atoms with van der Waals surface area (Å²) >= 11 is 0.388. The number of ether oxygens (including phenoxy) is 1. The van der Waals surface area contributed by atoms with Crippen molar-refractivity contribution in [1.29, 1.82) is 0 Å². The summed E-state index contributed by atoms with van der Waals surface area (Å²) in [6.07, 6.45) is -4.57. The van der Waals surface area contributed by atoms with Crippen molar-refractivity contribution in [2.75, 3.05) is 7.05 Å². The van der Waals surface area contributed by atoms with Crippen molar-refractivity contribution in [1.82, 2.24) is 9.88 Å². The van der Waals surface area contributed by atoms with Crippen molar-refractivity contribution in [3.8, 4) is 5.75 Å². The summed E-state index contributed by atoms with van der Waals surface area (Å²) in [6, 6.07) is 13.1. The molecule has 0 saturated carbocycles. The molecule has 152 valence electrons. The molecule has 0 unspecified atom stereocenters. The lowest BCUT2D eigenvalue weighted by Crippen LogP contribution is -2.26. The highest BCUT2D eigenvalue weighted by atomic mass is 32.1. The maximum absolute atomic E-state index is 13.6.